The van der Waals surface area contributed by atoms with Crippen LogP contribution in [-0.2, 0) is 4.79 Å². The maximum absolute atomic E-state index is 10.9. The van der Waals surface area contributed by atoms with Crippen molar-refractivity contribution in [1.82, 2.24) is 4.98 Å². The van der Waals surface area contributed by atoms with Gasteiger partial charge in [0.05, 0.1) is 19.5 Å². The molecule has 0 saturated heterocycles. The van der Waals surface area contributed by atoms with Crippen LogP contribution in [-0.4, -0.2) is 18.1 Å². The normalized spacial score (nSPS) is 9.38. The third-order valence-electron chi connectivity index (χ3n) is 1.44. The fourth-order valence-corrected chi connectivity index (χ4v) is 0.770. The fraction of sp³-hybridized carbons (Fsp3) is 0.333. The van der Waals surface area contributed by atoms with Crippen LogP contribution in [0.1, 0.15) is 13.3 Å². The van der Waals surface area contributed by atoms with Crippen molar-refractivity contribution in [2.45, 2.75) is 13.3 Å². The van der Waals surface area contributed by atoms with E-state index in [2.05, 4.69) is 4.98 Å². The molecule has 1 aromatic rings. The molecule has 0 atom stereocenters. The lowest BCUT2D eigenvalue weighted by Gasteiger charge is -2.03. The lowest BCUT2D eigenvalue weighted by atomic mass is 10.4. The summed E-state index contributed by atoms with van der Waals surface area (Å²) in [6, 6.07) is 1.61. The Balaban J connectivity index is 2.71. The molecule has 0 fully saturated rings. The van der Waals surface area contributed by atoms with Gasteiger partial charge in [-0.25, -0.2) is 0 Å². The minimum Gasteiger partial charge on any atom is -0.495 e. The Morgan fingerprint density at radius 1 is 1.46 bits per heavy atom. The van der Waals surface area contributed by atoms with Crippen LogP contribution in [0.15, 0.2) is 18.5 Å². The highest BCUT2D eigenvalue weighted by atomic mass is 16.5. The molecule has 4 nitrogen and oxygen atoms in total. The molecule has 0 N–H and O–H groups in total. The number of esters is 1. The van der Waals surface area contributed by atoms with Crippen molar-refractivity contribution < 1.29 is 14.3 Å². The molecule has 1 heterocycles. The highest BCUT2D eigenvalue weighted by Gasteiger charge is 2.02. The van der Waals surface area contributed by atoms with Gasteiger partial charge in [0.2, 0.25) is 0 Å². The van der Waals surface area contributed by atoms with Crippen molar-refractivity contribution in [2.24, 2.45) is 0 Å². The number of pyridine rings is 1. The lowest BCUT2D eigenvalue weighted by Crippen LogP contribution is -2.05. The molecule has 0 aliphatic rings. The standard InChI is InChI=1S/C9H11NO3/c1-3-9(11)13-8-4-7(12-2)5-10-6-8/h4-6H,3H2,1-2H3. The molecule has 70 valence electrons. The molecule has 0 bridgehead atoms. The molecule has 0 saturated carbocycles. The Labute approximate surface area is 76.5 Å². The van der Waals surface area contributed by atoms with E-state index in [1.54, 1.807) is 19.2 Å². The number of hydrogen-bond acceptors (Lipinski definition) is 4. The molecule has 0 aliphatic heterocycles. The molecule has 0 unspecified atom stereocenters. The number of ether oxygens (including phenoxy) is 2. The first-order chi connectivity index (χ1) is 6.26. The average molecular weight is 181 g/mol. The summed E-state index contributed by atoms with van der Waals surface area (Å²) in [6.45, 7) is 1.73. The van der Waals surface area contributed by atoms with E-state index < -0.39 is 0 Å². The summed E-state index contributed by atoms with van der Waals surface area (Å²) in [5.41, 5.74) is 0. The highest BCUT2D eigenvalue weighted by molar-refractivity contribution is 5.71. The van der Waals surface area contributed by atoms with Crippen molar-refractivity contribution in [3.63, 3.8) is 0 Å². The van der Waals surface area contributed by atoms with E-state index in [4.69, 9.17) is 9.47 Å². The molecule has 0 spiro atoms. The molecule has 0 radical (unpaired) electrons. The van der Waals surface area contributed by atoms with Gasteiger partial charge in [-0.15, -0.1) is 0 Å². The van der Waals surface area contributed by atoms with Crippen LogP contribution >= 0.6 is 0 Å². The molecule has 1 rings (SSSR count). The quantitative estimate of drug-likeness (QED) is 0.661. The summed E-state index contributed by atoms with van der Waals surface area (Å²) in [5, 5.41) is 0. The molecule has 0 aromatic carbocycles. The molecular weight excluding hydrogens is 170 g/mol. The Morgan fingerprint density at radius 3 is 2.77 bits per heavy atom. The van der Waals surface area contributed by atoms with E-state index in [1.807, 2.05) is 0 Å². The minimum atomic E-state index is -0.282. The van der Waals surface area contributed by atoms with Crippen LogP contribution in [0.4, 0.5) is 0 Å². The van der Waals surface area contributed by atoms with Gasteiger partial charge in [0.25, 0.3) is 0 Å². The summed E-state index contributed by atoms with van der Waals surface area (Å²) in [5.74, 6) is 0.697. The molecule has 1 aromatic heterocycles. The van der Waals surface area contributed by atoms with Gasteiger partial charge in [0.1, 0.15) is 5.75 Å². The zero-order valence-corrected chi connectivity index (χ0v) is 7.61. The van der Waals surface area contributed by atoms with Gasteiger partial charge in [-0.3, -0.25) is 9.78 Å². The molecular formula is C9H11NO3. The maximum Gasteiger partial charge on any atom is 0.310 e. The SMILES string of the molecule is CCC(=O)Oc1cncc(OC)c1. The topological polar surface area (TPSA) is 48.4 Å². The summed E-state index contributed by atoms with van der Waals surface area (Å²) >= 11 is 0. The van der Waals surface area contributed by atoms with Gasteiger partial charge >= 0.3 is 5.97 Å². The minimum absolute atomic E-state index is 0.282. The zero-order chi connectivity index (χ0) is 9.68. The summed E-state index contributed by atoms with van der Waals surface area (Å²) in [4.78, 5) is 14.7. The predicted octanol–water partition coefficient (Wildman–Crippen LogP) is 1.41. The Morgan fingerprint density at radius 2 is 2.15 bits per heavy atom. The first-order valence-electron chi connectivity index (χ1n) is 3.96. The number of carbonyl (C=O) groups excluding carboxylic acids is 1. The van der Waals surface area contributed by atoms with E-state index >= 15 is 0 Å². The lowest BCUT2D eigenvalue weighted by molar-refractivity contribution is -0.134. The second-order valence-corrected chi connectivity index (χ2v) is 2.39. The maximum atomic E-state index is 10.9. The van der Waals surface area contributed by atoms with E-state index in [-0.39, 0.29) is 5.97 Å². The van der Waals surface area contributed by atoms with Crippen LogP contribution in [0.2, 0.25) is 0 Å². The molecule has 4 heteroatoms. The van der Waals surface area contributed by atoms with Crippen LogP contribution in [0.3, 0.4) is 0 Å². The smallest absolute Gasteiger partial charge is 0.310 e. The van der Waals surface area contributed by atoms with Crippen molar-refractivity contribution in [3.8, 4) is 11.5 Å². The van der Waals surface area contributed by atoms with Crippen molar-refractivity contribution in [2.75, 3.05) is 7.11 Å². The molecule has 13 heavy (non-hydrogen) atoms. The predicted molar refractivity (Wildman–Crippen MR) is 46.7 cm³/mol. The molecule has 0 amide bonds. The van der Waals surface area contributed by atoms with Crippen molar-refractivity contribution in [3.05, 3.63) is 18.5 Å². The van der Waals surface area contributed by atoms with Crippen LogP contribution in [0.5, 0.6) is 11.5 Å². The summed E-state index contributed by atoms with van der Waals surface area (Å²) in [7, 11) is 1.53. The fourth-order valence-electron chi connectivity index (χ4n) is 0.770. The summed E-state index contributed by atoms with van der Waals surface area (Å²) < 4.78 is 9.84. The van der Waals surface area contributed by atoms with E-state index in [1.165, 1.54) is 13.3 Å². The first kappa shape index (κ1) is 9.51. The number of rotatable bonds is 3. The first-order valence-corrected chi connectivity index (χ1v) is 3.96. The third kappa shape index (κ3) is 2.74. The van der Waals surface area contributed by atoms with Gasteiger partial charge in [-0.05, 0) is 0 Å². The number of hydrogen-bond donors (Lipinski definition) is 0. The second kappa shape index (κ2) is 4.45. The zero-order valence-electron chi connectivity index (χ0n) is 7.61. The number of nitrogens with zero attached hydrogens (tertiary/aromatic N) is 1. The van der Waals surface area contributed by atoms with Crippen molar-refractivity contribution >= 4 is 5.97 Å². The van der Waals surface area contributed by atoms with E-state index in [9.17, 15) is 4.79 Å². The van der Waals surface area contributed by atoms with Gasteiger partial charge in [-0.1, -0.05) is 6.92 Å². The van der Waals surface area contributed by atoms with Gasteiger partial charge < -0.3 is 9.47 Å². The largest absolute Gasteiger partial charge is 0.495 e. The Kier molecular flexibility index (Phi) is 3.25. The average Bonchev–Trinajstić information content (AvgIpc) is 2.18. The van der Waals surface area contributed by atoms with Crippen LogP contribution in [0.25, 0.3) is 0 Å². The van der Waals surface area contributed by atoms with E-state index in [0.29, 0.717) is 17.9 Å². The monoisotopic (exact) mass is 181 g/mol. The number of methoxy groups -OCH3 is 1. The van der Waals surface area contributed by atoms with Gasteiger partial charge in [0.15, 0.2) is 5.75 Å². The van der Waals surface area contributed by atoms with Gasteiger partial charge in [-0.2, -0.15) is 0 Å². The number of aromatic nitrogens is 1. The number of carbonyl (C=O) groups is 1. The second-order valence-electron chi connectivity index (χ2n) is 2.39. The van der Waals surface area contributed by atoms with Gasteiger partial charge in [0, 0.05) is 12.5 Å². The van der Waals surface area contributed by atoms with Crippen LogP contribution in [0, 0.1) is 0 Å². The van der Waals surface area contributed by atoms with Crippen molar-refractivity contribution in [1.29, 1.82) is 0 Å². The molecule has 0 aliphatic carbocycles. The Bertz CT molecular complexity index is 299. The van der Waals surface area contributed by atoms with Crippen LogP contribution < -0.4 is 9.47 Å². The van der Waals surface area contributed by atoms with E-state index in [0.717, 1.165) is 0 Å². The Hall–Kier alpha value is -1.58. The third-order valence-corrected chi connectivity index (χ3v) is 1.44. The highest BCUT2D eigenvalue weighted by Crippen LogP contribution is 2.16. The summed E-state index contributed by atoms with van der Waals surface area (Å²) in [6.07, 6.45) is 3.36.